The van der Waals surface area contributed by atoms with Gasteiger partial charge in [0.05, 0.1) is 28.3 Å². The molecule has 0 atom stereocenters. The molecule has 0 spiro atoms. The molecule has 0 radical (unpaired) electrons. The number of carboxylic acids is 2. The molecule has 2 aromatic carbocycles. The van der Waals surface area contributed by atoms with E-state index in [2.05, 4.69) is 4.99 Å². The number of methoxy groups -OCH3 is 1. The molecule has 166 valence electrons. The number of nitrogens with zero attached hydrogens (tertiary/aromatic N) is 2. The van der Waals surface area contributed by atoms with E-state index < -0.39 is 18.5 Å². The Labute approximate surface area is 191 Å². The molecule has 32 heavy (non-hydrogen) atoms. The van der Waals surface area contributed by atoms with Crippen LogP contribution in [0.15, 0.2) is 46.3 Å². The first-order valence-corrected chi connectivity index (χ1v) is 10.2. The van der Waals surface area contributed by atoms with Crippen molar-refractivity contribution in [3.63, 3.8) is 0 Å². The lowest BCUT2D eigenvalue weighted by molar-refractivity contribution is -0.139. The smallest absolute Gasteiger partial charge is 0.341 e. The number of amidine groups is 1. The maximum Gasteiger partial charge on any atom is 0.341 e. The van der Waals surface area contributed by atoms with Gasteiger partial charge < -0.3 is 19.7 Å². The van der Waals surface area contributed by atoms with Crippen LogP contribution in [0.1, 0.15) is 15.9 Å². The fourth-order valence-corrected chi connectivity index (χ4v) is 3.95. The molecule has 1 aliphatic rings. The normalized spacial score (nSPS) is 16.0. The van der Waals surface area contributed by atoms with Crippen LogP contribution in [0.5, 0.6) is 11.5 Å². The molecule has 9 nitrogen and oxygen atoms in total. The highest BCUT2D eigenvalue weighted by Crippen LogP contribution is 2.39. The van der Waals surface area contributed by atoms with Crippen molar-refractivity contribution in [2.75, 3.05) is 20.8 Å². The topological polar surface area (TPSA) is 126 Å². The molecule has 1 saturated heterocycles. The number of benzene rings is 2. The van der Waals surface area contributed by atoms with Gasteiger partial charge >= 0.3 is 11.9 Å². The first kappa shape index (κ1) is 23.2. The number of hydrogen-bond donors (Lipinski definition) is 2. The van der Waals surface area contributed by atoms with E-state index in [1.807, 2.05) is 0 Å². The van der Waals surface area contributed by atoms with Gasteiger partial charge in [0.1, 0.15) is 0 Å². The summed E-state index contributed by atoms with van der Waals surface area (Å²) in [6.45, 7) is -0.580. The summed E-state index contributed by atoms with van der Waals surface area (Å²) in [5, 5.41) is 18.3. The SMILES string of the molecule is COc1cc(/C=C2\SC(=Nc3ccc(C(=O)O)cc3)N(C)C2=O)cc(Cl)c1OCC(=O)O. The summed E-state index contributed by atoms with van der Waals surface area (Å²) in [4.78, 5) is 40.6. The first-order chi connectivity index (χ1) is 15.2. The number of ether oxygens (including phenoxy) is 2. The highest BCUT2D eigenvalue weighted by molar-refractivity contribution is 8.18. The Morgan fingerprint density at radius 3 is 2.50 bits per heavy atom. The number of carboxylic acid groups (broad SMARTS) is 2. The van der Waals surface area contributed by atoms with Crippen molar-refractivity contribution in [3.05, 3.63) is 57.5 Å². The summed E-state index contributed by atoms with van der Waals surface area (Å²) in [5.74, 6) is -2.16. The second kappa shape index (κ2) is 9.75. The van der Waals surface area contributed by atoms with Gasteiger partial charge in [0.2, 0.25) is 0 Å². The highest BCUT2D eigenvalue weighted by atomic mass is 35.5. The zero-order chi connectivity index (χ0) is 23.4. The van der Waals surface area contributed by atoms with Crippen LogP contribution in [0.4, 0.5) is 5.69 Å². The zero-order valence-electron chi connectivity index (χ0n) is 16.9. The first-order valence-electron chi connectivity index (χ1n) is 9.01. The molecule has 0 aromatic heterocycles. The van der Waals surface area contributed by atoms with Gasteiger partial charge in [-0.3, -0.25) is 9.69 Å². The van der Waals surface area contributed by atoms with E-state index in [9.17, 15) is 14.4 Å². The number of aliphatic carboxylic acids is 1. The average molecular weight is 477 g/mol. The third kappa shape index (κ3) is 5.21. The number of amides is 1. The molecule has 1 fully saturated rings. The van der Waals surface area contributed by atoms with E-state index in [-0.39, 0.29) is 28.0 Å². The Morgan fingerprint density at radius 1 is 1.22 bits per heavy atom. The summed E-state index contributed by atoms with van der Waals surface area (Å²) in [5.41, 5.74) is 1.19. The van der Waals surface area contributed by atoms with E-state index >= 15 is 0 Å². The quantitative estimate of drug-likeness (QED) is 0.579. The molecule has 1 amide bonds. The number of carbonyl (C=O) groups excluding carboxylic acids is 1. The lowest BCUT2D eigenvalue weighted by atomic mass is 10.2. The van der Waals surface area contributed by atoms with Crippen LogP contribution in [0.3, 0.4) is 0 Å². The standard InChI is InChI=1S/C21H17ClN2O7S/c1-24-19(27)16(32-21(24)23-13-5-3-12(4-6-13)20(28)29)9-11-7-14(22)18(15(8-11)30-2)31-10-17(25)26/h3-9H,10H2,1-2H3,(H,25,26)(H,28,29)/b16-9-,23-21?. The summed E-state index contributed by atoms with van der Waals surface area (Å²) in [7, 11) is 2.97. The third-order valence-corrected chi connectivity index (χ3v) is 5.57. The fourth-order valence-electron chi connectivity index (χ4n) is 2.69. The number of halogens is 1. The van der Waals surface area contributed by atoms with Crippen molar-refractivity contribution in [3.8, 4) is 11.5 Å². The molecule has 1 heterocycles. The van der Waals surface area contributed by atoms with E-state index in [0.717, 1.165) is 11.8 Å². The minimum atomic E-state index is -1.16. The Balaban J connectivity index is 1.87. The van der Waals surface area contributed by atoms with Gasteiger partial charge in [-0.25, -0.2) is 14.6 Å². The summed E-state index contributed by atoms with van der Waals surface area (Å²) >= 11 is 7.37. The Morgan fingerprint density at radius 2 is 1.91 bits per heavy atom. The summed E-state index contributed by atoms with van der Waals surface area (Å²) in [6, 6.07) is 9.07. The van der Waals surface area contributed by atoms with Crippen molar-refractivity contribution in [1.82, 2.24) is 4.90 Å². The number of aromatic carboxylic acids is 1. The predicted molar refractivity (Wildman–Crippen MR) is 120 cm³/mol. The largest absolute Gasteiger partial charge is 0.493 e. The van der Waals surface area contributed by atoms with Crippen LogP contribution >= 0.6 is 23.4 Å². The average Bonchev–Trinajstić information content (AvgIpc) is 3.00. The molecule has 2 aromatic rings. The zero-order valence-corrected chi connectivity index (χ0v) is 18.4. The third-order valence-electron chi connectivity index (χ3n) is 4.23. The van der Waals surface area contributed by atoms with E-state index in [0.29, 0.717) is 21.3 Å². The van der Waals surface area contributed by atoms with Gasteiger partial charge in [0, 0.05) is 7.05 Å². The van der Waals surface area contributed by atoms with Gasteiger partial charge in [-0.15, -0.1) is 0 Å². The maximum absolute atomic E-state index is 12.7. The van der Waals surface area contributed by atoms with Crippen molar-refractivity contribution < 1.29 is 34.1 Å². The maximum atomic E-state index is 12.7. The molecule has 1 aliphatic heterocycles. The Hall–Kier alpha value is -3.50. The number of hydrogen-bond acceptors (Lipinski definition) is 7. The molecule has 3 rings (SSSR count). The van der Waals surface area contributed by atoms with Crippen LogP contribution in [-0.2, 0) is 9.59 Å². The summed E-state index contributed by atoms with van der Waals surface area (Å²) < 4.78 is 10.4. The molecular weight excluding hydrogens is 460 g/mol. The Kier molecular flexibility index (Phi) is 7.06. The number of likely N-dealkylation sites (N-methyl/N-ethyl adjacent to an activating group) is 1. The monoisotopic (exact) mass is 476 g/mol. The van der Waals surface area contributed by atoms with Crippen molar-refractivity contribution in [2.24, 2.45) is 4.99 Å². The number of aliphatic imine (C=N–C) groups is 1. The van der Waals surface area contributed by atoms with Gasteiger partial charge in [-0.05, 0) is 59.8 Å². The summed E-state index contributed by atoms with van der Waals surface area (Å²) in [6.07, 6.45) is 1.61. The second-order valence-corrected chi connectivity index (χ2v) is 7.85. The molecule has 0 unspecified atom stereocenters. The van der Waals surface area contributed by atoms with Gasteiger partial charge in [-0.1, -0.05) is 11.6 Å². The van der Waals surface area contributed by atoms with Crippen molar-refractivity contribution in [1.29, 1.82) is 0 Å². The molecule has 0 bridgehead atoms. The number of carbonyl (C=O) groups is 3. The van der Waals surface area contributed by atoms with Crippen LogP contribution in [0.2, 0.25) is 5.02 Å². The fraction of sp³-hybridized carbons (Fsp3) is 0.143. The number of rotatable bonds is 7. The minimum absolute atomic E-state index is 0.0910. The van der Waals surface area contributed by atoms with Crippen LogP contribution < -0.4 is 9.47 Å². The van der Waals surface area contributed by atoms with Crippen LogP contribution in [-0.4, -0.2) is 58.9 Å². The molecule has 11 heteroatoms. The lowest BCUT2D eigenvalue weighted by Crippen LogP contribution is -2.23. The predicted octanol–water partition coefficient (Wildman–Crippen LogP) is 3.74. The highest BCUT2D eigenvalue weighted by Gasteiger charge is 2.30. The van der Waals surface area contributed by atoms with Gasteiger partial charge in [-0.2, -0.15) is 0 Å². The number of thioether (sulfide) groups is 1. The Bertz CT molecular complexity index is 1150. The molecule has 0 saturated carbocycles. The van der Waals surface area contributed by atoms with Gasteiger partial charge in [0.25, 0.3) is 5.91 Å². The molecule has 0 aliphatic carbocycles. The van der Waals surface area contributed by atoms with Crippen LogP contribution in [0.25, 0.3) is 6.08 Å². The van der Waals surface area contributed by atoms with Crippen molar-refractivity contribution >= 4 is 58.1 Å². The molecule has 2 N–H and O–H groups in total. The van der Waals surface area contributed by atoms with Gasteiger partial charge in [0.15, 0.2) is 23.3 Å². The minimum Gasteiger partial charge on any atom is -0.493 e. The van der Waals surface area contributed by atoms with E-state index in [1.54, 1.807) is 31.3 Å². The van der Waals surface area contributed by atoms with E-state index in [4.69, 9.17) is 31.3 Å². The molecular formula is C21H17ClN2O7S. The van der Waals surface area contributed by atoms with Crippen LogP contribution in [0, 0.1) is 0 Å². The van der Waals surface area contributed by atoms with E-state index in [1.165, 1.54) is 30.2 Å². The lowest BCUT2D eigenvalue weighted by Gasteiger charge is -2.12. The van der Waals surface area contributed by atoms with Crippen molar-refractivity contribution in [2.45, 2.75) is 0 Å². The second-order valence-electron chi connectivity index (χ2n) is 6.44.